The first-order valence-electron chi connectivity index (χ1n) is 19.9. The number of nitrogens with zero attached hydrogens (tertiary/aromatic N) is 6. The molecule has 0 bridgehead atoms. The van der Waals surface area contributed by atoms with E-state index in [1.165, 1.54) is 0 Å². The number of aryl methyl sites for hydroxylation is 1. The van der Waals surface area contributed by atoms with Gasteiger partial charge < -0.3 is 23.2 Å². The lowest BCUT2D eigenvalue weighted by atomic mass is 9.77. The standard InChI is InChI=1S/C48H43ClN6O6/c1-4-16-41-50-43(47(2,3)58)42(45(56)59-31-40-39(29-49)60-46(57)61-40)54(41)30-32-25-27-33(28-26-32)37-23-14-15-24-38(37)44-51-52-53-55(44)48(34-17-8-5-9-18-34,35-19-10-6-11-20-35)36-21-12-7-13-22-36/h5-15,17-28,58H,4,16,29-31H2,1-3H3. The van der Waals surface area contributed by atoms with Crippen LogP contribution in [0.25, 0.3) is 22.5 Å². The lowest BCUT2D eigenvalue weighted by Crippen LogP contribution is -2.39. The van der Waals surface area contributed by atoms with Gasteiger partial charge in [-0.05, 0) is 64.1 Å². The average Bonchev–Trinajstić information content (AvgIpc) is 4.02. The number of halogens is 1. The summed E-state index contributed by atoms with van der Waals surface area (Å²) in [6, 6.07) is 46.9. The van der Waals surface area contributed by atoms with Gasteiger partial charge in [0.15, 0.2) is 29.6 Å². The van der Waals surface area contributed by atoms with Gasteiger partial charge in [-0.2, -0.15) is 0 Å². The molecule has 308 valence electrons. The number of ether oxygens (including phenoxy) is 1. The Bertz CT molecular complexity index is 2710. The van der Waals surface area contributed by atoms with Crippen LogP contribution in [0.5, 0.6) is 0 Å². The summed E-state index contributed by atoms with van der Waals surface area (Å²) in [5, 5.41) is 25.0. The molecule has 13 heteroatoms. The fourth-order valence-electron chi connectivity index (χ4n) is 7.85. The van der Waals surface area contributed by atoms with Crippen LogP contribution in [-0.2, 0) is 41.3 Å². The third-order valence-electron chi connectivity index (χ3n) is 10.6. The fraction of sp³-hybridized carbons (Fsp3) is 0.208. The molecule has 0 aliphatic rings. The van der Waals surface area contributed by atoms with Crippen molar-refractivity contribution in [3.8, 4) is 22.5 Å². The first-order valence-corrected chi connectivity index (χ1v) is 20.5. The molecule has 0 atom stereocenters. The van der Waals surface area contributed by atoms with Crippen LogP contribution in [0.15, 0.2) is 153 Å². The van der Waals surface area contributed by atoms with Crippen LogP contribution in [0, 0.1) is 0 Å². The second kappa shape index (κ2) is 17.4. The number of esters is 1. The maximum Gasteiger partial charge on any atom is 0.519 e. The monoisotopic (exact) mass is 834 g/mol. The van der Waals surface area contributed by atoms with E-state index in [-0.39, 0.29) is 35.3 Å². The molecule has 0 saturated heterocycles. The van der Waals surface area contributed by atoms with E-state index >= 15 is 0 Å². The van der Waals surface area contributed by atoms with Crippen molar-refractivity contribution in [3.63, 3.8) is 0 Å². The number of aliphatic hydroxyl groups is 1. The SMILES string of the molecule is CCCc1nc(C(C)(C)O)c(C(=O)OCc2oc(=O)oc2CCl)n1Cc1ccc(-c2ccccc2-c2nnnn2C(c2ccccc2)(c2ccccc2)c2ccccc2)cc1. The van der Waals surface area contributed by atoms with E-state index in [4.69, 9.17) is 40.5 Å². The Morgan fingerprint density at radius 1 is 0.770 bits per heavy atom. The molecular weight excluding hydrogens is 792 g/mol. The van der Waals surface area contributed by atoms with Gasteiger partial charge in [-0.1, -0.05) is 146 Å². The molecular formula is C48H43ClN6O6. The number of aromatic nitrogens is 6. The van der Waals surface area contributed by atoms with Gasteiger partial charge >= 0.3 is 11.8 Å². The summed E-state index contributed by atoms with van der Waals surface area (Å²) < 4.78 is 19.3. The Balaban J connectivity index is 1.18. The number of tetrazole rings is 1. The van der Waals surface area contributed by atoms with Crippen molar-refractivity contribution in [3.05, 3.63) is 201 Å². The van der Waals surface area contributed by atoms with Crippen LogP contribution in [0.1, 0.15) is 83.0 Å². The Hall–Kier alpha value is -6.89. The summed E-state index contributed by atoms with van der Waals surface area (Å²) in [4.78, 5) is 30.4. The first-order chi connectivity index (χ1) is 29.6. The summed E-state index contributed by atoms with van der Waals surface area (Å²) in [6.07, 6.45) is 1.28. The Morgan fingerprint density at radius 2 is 1.33 bits per heavy atom. The maximum absolute atomic E-state index is 13.9. The van der Waals surface area contributed by atoms with Crippen LogP contribution in [0.4, 0.5) is 0 Å². The van der Waals surface area contributed by atoms with Crippen molar-refractivity contribution in [2.45, 2.75) is 63.8 Å². The van der Waals surface area contributed by atoms with Gasteiger partial charge in [-0.25, -0.2) is 19.3 Å². The summed E-state index contributed by atoms with van der Waals surface area (Å²) in [6.45, 7) is 5.01. The van der Waals surface area contributed by atoms with Crippen LogP contribution >= 0.6 is 11.6 Å². The predicted octanol–water partition coefficient (Wildman–Crippen LogP) is 8.91. The van der Waals surface area contributed by atoms with Crippen molar-refractivity contribution in [2.75, 3.05) is 0 Å². The molecule has 12 nitrogen and oxygen atoms in total. The zero-order chi connectivity index (χ0) is 42.6. The van der Waals surface area contributed by atoms with E-state index in [0.29, 0.717) is 18.1 Å². The maximum atomic E-state index is 13.9. The molecule has 0 aliphatic heterocycles. The molecule has 0 radical (unpaired) electrons. The average molecular weight is 835 g/mol. The Kier molecular flexibility index (Phi) is 11.6. The highest BCUT2D eigenvalue weighted by Crippen LogP contribution is 2.43. The molecule has 8 aromatic rings. The van der Waals surface area contributed by atoms with Crippen LogP contribution < -0.4 is 5.82 Å². The Morgan fingerprint density at radius 3 is 1.89 bits per heavy atom. The highest BCUT2D eigenvalue weighted by molar-refractivity contribution is 6.16. The van der Waals surface area contributed by atoms with Gasteiger partial charge in [-0.3, -0.25) is 0 Å². The van der Waals surface area contributed by atoms with Crippen molar-refractivity contribution >= 4 is 17.6 Å². The minimum Gasteiger partial charge on any atom is -0.453 e. The van der Waals surface area contributed by atoms with E-state index in [9.17, 15) is 14.7 Å². The van der Waals surface area contributed by atoms with Crippen molar-refractivity contribution < 1.29 is 23.5 Å². The molecule has 5 aromatic carbocycles. The molecule has 3 heterocycles. The van der Waals surface area contributed by atoms with E-state index < -0.39 is 29.5 Å². The van der Waals surface area contributed by atoms with E-state index in [1.54, 1.807) is 18.4 Å². The van der Waals surface area contributed by atoms with Crippen LogP contribution in [-0.4, -0.2) is 40.8 Å². The molecule has 1 N–H and O–H groups in total. The Labute approximate surface area is 357 Å². The molecule has 0 aliphatic carbocycles. The van der Waals surface area contributed by atoms with Crippen molar-refractivity contribution in [1.82, 2.24) is 29.8 Å². The summed E-state index contributed by atoms with van der Waals surface area (Å²) in [7, 11) is 0. The lowest BCUT2D eigenvalue weighted by Gasteiger charge is -2.36. The number of rotatable bonds is 15. The van der Waals surface area contributed by atoms with Crippen molar-refractivity contribution in [2.24, 2.45) is 0 Å². The largest absolute Gasteiger partial charge is 0.519 e. The van der Waals surface area contributed by atoms with Crippen molar-refractivity contribution in [1.29, 1.82) is 0 Å². The molecule has 0 fully saturated rings. The van der Waals surface area contributed by atoms with E-state index in [1.807, 2.05) is 109 Å². The minimum absolute atomic E-state index is 0.00814. The quantitative estimate of drug-likeness (QED) is 0.0602. The van der Waals surface area contributed by atoms with Gasteiger partial charge in [-0.15, -0.1) is 16.7 Å². The third-order valence-corrected chi connectivity index (χ3v) is 10.9. The zero-order valence-electron chi connectivity index (χ0n) is 33.9. The zero-order valence-corrected chi connectivity index (χ0v) is 34.6. The number of carbonyl (C=O) groups is 1. The smallest absolute Gasteiger partial charge is 0.453 e. The highest BCUT2D eigenvalue weighted by Gasteiger charge is 2.42. The highest BCUT2D eigenvalue weighted by atomic mass is 35.5. The molecule has 0 spiro atoms. The van der Waals surface area contributed by atoms with Gasteiger partial charge in [0.2, 0.25) is 0 Å². The van der Waals surface area contributed by atoms with E-state index in [0.717, 1.165) is 45.4 Å². The summed E-state index contributed by atoms with van der Waals surface area (Å²) in [5.41, 5.74) is 4.38. The molecule has 8 rings (SSSR count). The first kappa shape index (κ1) is 40.9. The summed E-state index contributed by atoms with van der Waals surface area (Å²) in [5.74, 6) is -0.566. The van der Waals surface area contributed by atoms with Gasteiger partial charge in [0.1, 0.15) is 22.7 Å². The van der Waals surface area contributed by atoms with Crippen LogP contribution in [0.2, 0.25) is 0 Å². The van der Waals surface area contributed by atoms with Gasteiger partial charge in [0.25, 0.3) is 0 Å². The number of imidazole rings is 1. The third kappa shape index (κ3) is 7.95. The number of hydrogen-bond acceptors (Lipinski definition) is 10. The normalized spacial score (nSPS) is 11.8. The molecule has 3 aromatic heterocycles. The molecule has 61 heavy (non-hydrogen) atoms. The second-order valence-corrected chi connectivity index (χ2v) is 15.4. The number of alkyl halides is 1. The molecule has 0 saturated carbocycles. The van der Waals surface area contributed by atoms with E-state index in [2.05, 4.69) is 47.7 Å². The molecule has 0 amide bonds. The minimum atomic E-state index is -1.48. The van der Waals surface area contributed by atoms with Gasteiger partial charge in [0.05, 0.1) is 5.88 Å². The summed E-state index contributed by atoms with van der Waals surface area (Å²) >= 11 is 5.91. The number of benzene rings is 5. The fourth-order valence-corrected chi connectivity index (χ4v) is 8.06. The predicted molar refractivity (Wildman–Crippen MR) is 230 cm³/mol. The second-order valence-electron chi connectivity index (χ2n) is 15.1. The van der Waals surface area contributed by atoms with Gasteiger partial charge in [0, 0.05) is 18.5 Å². The lowest BCUT2D eigenvalue weighted by molar-refractivity contribution is 0.0395. The molecule has 0 unspecified atom stereocenters. The van der Waals surface area contributed by atoms with Crippen LogP contribution in [0.3, 0.4) is 0 Å². The number of hydrogen-bond donors (Lipinski definition) is 1. The number of carbonyl (C=O) groups excluding carboxylic acids is 1. The topological polar surface area (TPSA) is 151 Å².